The number of carbonyl (C=O) groups is 1. The molecule has 0 spiro atoms. The van der Waals surface area contributed by atoms with Crippen molar-refractivity contribution in [3.8, 4) is 0 Å². The van der Waals surface area contributed by atoms with Gasteiger partial charge in [0.2, 0.25) is 0 Å². The van der Waals surface area contributed by atoms with Crippen LogP contribution in [0.15, 0.2) is 0 Å². The molecule has 0 aliphatic carbocycles. The fourth-order valence-electron chi connectivity index (χ4n) is 1.07. The summed E-state index contributed by atoms with van der Waals surface area (Å²) in [5.74, 6) is 0. The smallest absolute Gasteiger partial charge is 0.136 e. The summed E-state index contributed by atoms with van der Waals surface area (Å²) < 4.78 is 0. The minimum absolute atomic E-state index is 0.0758. The molecule has 2 heteroatoms. The molecule has 0 aromatic carbocycles. The number of rotatable bonds is 7. The molecule has 0 aromatic heterocycles. The highest BCUT2D eigenvalue weighted by molar-refractivity contribution is 5.57. The Bertz CT molecular complexity index is 93.6. The summed E-state index contributed by atoms with van der Waals surface area (Å²) in [5.41, 5.74) is 0. The third kappa shape index (κ3) is 6.05. The van der Waals surface area contributed by atoms with Crippen LogP contribution in [0.4, 0.5) is 0 Å². The first-order valence-corrected chi connectivity index (χ1v) is 4.47. The quantitative estimate of drug-likeness (QED) is 0.450. The van der Waals surface area contributed by atoms with Crippen LogP contribution in [-0.2, 0) is 4.79 Å². The number of aldehydes is 1. The SMILES string of the molecule is CCCCCC[C@@H](C=O)NC. The molecule has 66 valence electrons. The van der Waals surface area contributed by atoms with E-state index in [0.29, 0.717) is 0 Å². The van der Waals surface area contributed by atoms with Gasteiger partial charge in [0, 0.05) is 0 Å². The van der Waals surface area contributed by atoms with Gasteiger partial charge in [0.1, 0.15) is 6.29 Å². The normalized spacial score (nSPS) is 12.9. The molecule has 0 saturated carbocycles. The van der Waals surface area contributed by atoms with Gasteiger partial charge in [0.25, 0.3) is 0 Å². The van der Waals surface area contributed by atoms with E-state index in [4.69, 9.17) is 0 Å². The van der Waals surface area contributed by atoms with Crippen LogP contribution in [0.25, 0.3) is 0 Å². The summed E-state index contributed by atoms with van der Waals surface area (Å²) in [4.78, 5) is 10.3. The Hall–Kier alpha value is -0.370. The Morgan fingerprint density at radius 2 is 2.09 bits per heavy atom. The fourth-order valence-corrected chi connectivity index (χ4v) is 1.07. The van der Waals surface area contributed by atoms with E-state index in [1.54, 1.807) is 0 Å². The van der Waals surface area contributed by atoms with Gasteiger partial charge in [-0.05, 0) is 13.5 Å². The van der Waals surface area contributed by atoms with E-state index in [9.17, 15) is 4.79 Å². The first kappa shape index (κ1) is 10.6. The standard InChI is InChI=1S/C9H19NO/c1-3-4-5-6-7-9(8-11)10-2/h8-10H,3-7H2,1-2H3/t9-/m0/s1. The summed E-state index contributed by atoms with van der Waals surface area (Å²) >= 11 is 0. The van der Waals surface area contributed by atoms with E-state index >= 15 is 0 Å². The summed E-state index contributed by atoms with van der Waals surface area (Å²) in [5, 5.41) is 2.96. The van der Waals surface area contributed by atoms with Crippen LogP contribution in [0.5, 0.6) is 0 Å². The molecule has 0 bridgehead atoms. The zero-order valence-electron chi connectivity index (χ0n) is 7.60. The van der Waals surface area contributed by atoms with Crippen molar-refractivity contribution >= 4 is 6.29 Å². The van der Waals surface area contributed by atoms with Gasteiger partial charge in [-0.1, -0.05) is 32.6 Å². The molecule has 0 saturated heterocycles. The minimum atomic E-state index is 0.0758. The molecule has 0 heterocycles. The zero-order valence-corrected chi connectivity index (χ0v) is 7.60. The summed E-state index contributed by atoms with van der Waals surface area (Å²) in [6, 6.07) is 0.0758. The van der Waals surface area contributed by atoms with Crippen LogP contribution in [0.1, 0.15) is 39.0 Å². The number of carbonyl (C=O) groups excluding carboxylic acids is 1. The highest BCUT2D eigenvalue weighted by atomic mass is 16.1. The van der Waals surface area contributed by atoms with Gasteiger partial charge in [0.15, 0.2) is 0 Å². The molecule has 11 heavy (non-hydrogen) atoms. The third-order valence-electron chi connectivity index (χ3n) is 1.90. The number of hydrogen-bond donors (Lipinski definition) is 1. The molecule has 2 nitrogen and oxygen atoms in total. The lowest BCUT2D eigenvalue weighted by molar-refractivity contribution is -0.109. The van der Waals surface area contributed by atoms with Crippen molar-refractivity contribution in [1.29, 1.82) is 0 Å². The van der Waals surface area contributed by atoms with Gasteiger partial charge in [-0.15, -0.1) is 0 Å². The first-order chi connectivity index (χ1) is 5.35. The molecular formula is C9H19NO. The van der Waals surface area contributed by atoms with Crippen molar-refractivity contribution < 1.29 is 4.79 Å². The van der Waals surface area contributed by atoms with Gasteiger partial charge in [-0.25, -0.2) is 0 Å². The maximum absolute atomic E-state index is 10.3. The lowest BCUT2D eigenvalue weighted by Crippen LogP contribution is -2.26. The molecule has 0 rings (SSSR count). The van der Waals surface area contributed by atoms with E-state index in [1.807, 2.05) is 7.05 Å². The lowest BCUT2D eigenvalue weighted by atomic mass is 10.1. The topological polar surface area (TPSA) is 29.1 Å². The van der Waals surface area contributed by atoms with Crippen LogP contribution in [0.3, 0.4) is 0 Å². The van der Waals surface area contributed by atoms with Crippen LogP contribution in [-0.4, -0.2) is 19.4 Å². The van der Waals surface area contributed by atoms with Crippen molar-refractivity contribution in [2.75, 3.05) is 7.05 Å². The average Bonchev–Trinajstić information content (AvgIpc) is 2.05. The maximum Gasteiger partial charge on any atom is 0.136 e. The van der Waals surface area contributed by atoms with E-state index in [-0.39, 0.29) is 6.04 Å². The van der Waals surface area contributed by atoms with Crippen molar-refractivity contribution in [2.45, 2.75) is 45.1 Å². The first-order valence-electron chi connectivity index (χ1n) is 4.47. The Balaban J connectivity index is 3.14. The summed E-state index contributed by atoms with van der Waals surface area (Å²) in [7, 11) is 1.83. The van der Waals surface area contributed by atoms with Gasteiger partial charge in [0.05, 0.1) is 6.04 Å². The molecule has 0 aromatic rings. The highest BCUT2D eigenvalue weighted by Crippen LogP contribution is 2.03. The fraction of sp³-hybridized carbons (Fsp3) is 0.889. The van der Waals surface area contributed by atoms with E-state index in [1.165, 1.54) is 19.3 Å². The number of hydrogen-bond acceptors (Lipinski definition) is 2. The van der Waals surface area contributed by atoms with E-state index in [0.717, 1.165) is 19.1 Å². The Morgan fingerprint density at radius 3 is 2.55 bits per heavy atom. The highest BCUT2D eigenvalue weighted by Gasteiger charge is 2.01. The molecule has 0 fully saturated rings. The van der Waals surface area contributed by atoms with Gasteiger partial charge < -0.3 is 10.1 Å². The lowest BCUT2D eigenvalue weighted by Gasteiger charge is -2.07. The molecule has 0 unspecified atom stereocenters. The van der Waals surface area contributed by atoms with E-state index < -0.39 is 0 Å². The van der Waals surface area contributed by atoms with Crippen LogP contribution >= 0.6 is 0 Å². The van der Waals surface area contributed by atoms with Crippen LogP contribution in [0, 0.1) is 0 Å². The van der Waals surface area contributed by atoms with Crippen LogP contribution in [0.2, 0.25) is 0 Å². The molecule has 0 radical (unpaired) electrons. The number of likely N-dealkylation sites (N-methyl/N-ethyl adjacent to an activating group) is 1. The second-order valence-corrected chi connectivity index (χ2v) is 2.88. The largest absolute Gasteiger partial charge is 0.311 e. The molecular weight excluding hydrogens is 138 g/mol. The average molecular weight is 157 g/mol. The maximum atomic E-state index is 10.3. The summed E-state index contributed by atoms with van der Waals surface area (Å²) in [6.07, 6.45) is 6.94. The van der Waals surface area contributed by atoms with E-state index in [2.05, 4.69) is 12.2 Å². The van der Waals surface area contributed by atoms with Crippen molar-refractivity contribution in [3.63, 3.8) is 0 Å². The summed E-state index contributed by atoms with van der Waals surface area (Å²) in [6.45, 7) is 2.19. The predicted molar refractivity (Wildman–Crippen MR) is 47.7 cm³/mol. The Kier molecular flexibility index (Phi) is 7.47. The minimum Gasteiger partial charge on any atom is -0.311 e. The Labute approximate surface area is 69.4 Å². The van der Waals surface area contributed by atoms with Gasteiger partial charge in [-0.3, -0.25) is 0 Å². The van der Waals surface area contributed by atoms with Gasteiger partial charge >= 0.3 is 0 Å². The van der Waals surface area contributed by atoms with Crippen molar-refractivity contribution in [1.82, 2.24) is 5.32 Å². The predicted octanol–water partition coefficient (Wildman–Crippen LogP) is 1.74. The number of nitrogens with one attached hydrogen (secondary N) is 1. The second kappa shape index (κ2) is 7.73. The van der Waals surface area contributed by atoms with Crippen molar-refractivity contribution in [2.24, 2.45) is 0 Å². The molecule has 1 atom stereocenters. The zero-order chi connectivity index (χ0) is 8.53. The second-order valence-electron chi connectivity index (χ2n) is 2.88. The molecule has 0 aliphatic rings. The number of unbranched alkanes of at least 4 members (excludes halogenated alkanes) is 3. The van der Waals surface area contributed by atoms with Gasteiger partial charge in [-0.2, -0.15) is 0 Å². The molecule has 0 amide bonds. The molecule has 1 N–H and O–H groups in total. The molecule has 0 aliphatic heterocycles. The Morgan fingerprint density at radius 1 is 1.36 bits per heavy atom. The monoisotopic (exact) mass is 157 g/mol. The van der Waals surface area contributed by atoms with Crippen molar-refractivity contribution in [3.05, 3.63) is 0 Å². The van der Waals surface area contributed by atoms with Crippen LogP contribution < -0.4 is 5.32 Å². The third-order valence-corrected chi connectivity index (χ3v) is 1.90.